The quantitative estimate of drug-likeness (QED) is 0.716. The maximum absolute atomic E-state index is 5.47. The number of aryl methyl sites for hydroxylation is 1. The summed E-state index contributed by atoms with van der Waals surface area (Å²) in [7, 11) is 0. The summed E-state index contributed by atoms with van der Waals surface area (Å²) < 4.78 is 5.47. The molecular formula is C11H15NO. The molecule has 1 aromatic carbocycles. The lowest BCUT2D eigenvalue weighted by atomic mass is 10.1. The smallest absolute Gasteiger partial charge is 0.122 e. The molecule has 2 rings (SSSR count). The Morgan fingerprint density at radius 3 is 2.85 bits per heavy atom. The topological polar surface area (TPSA) is 31.2 Å². The fourth-order valence-corrected chi connectivity index (χ4v) is 1.50. The molecule has 0 bridgehead atoms. The van der Waals surface area contributed by atoms with Gasteiger partial charge >= 0.3 is 0 Å². The van der Waals surface area contributed by atoms with E-state index in [0.717, 1.165) is 18.9 Å². The van der Waals surface area contributed by atoms with Gasteiger partial charge < -0.3 is 10.1 Å². The number of benzene rings is 1. The van der Waals surface area contributed by atoms with Crippen molar-refractivity contribution < 1.29 is 4.74 Å². The van der Waals surface area contributed by atoms with E-state index < -0.39 is 0 Å². The van der Waals surface area contributed by atoms with Gasteiger partial charge in [-0.25, -0.2) is 0 Å². The van der Waals surface area contributed by atoms with Gasteiger partial charge in [-0.1, -0.05) is 12.1 Å². The van der Waals surface area contributed by atoms with Gasteiger partial charge in [-0.05, 0) is 31.0 Å². The Bertz CT molecular complexity index is 305. The molecule has 70 valence electrons. The SMILES string of the molecule is CCOc1ccc(C2CN2)cc1C. The molecular weight excluding hydrogens is 162 g/mol. The van der Waals surface area contributed by atoms with Crippen molar-refractivity contribution in [3.05, 3.63) is 29.3 Å². The van der Waals surface area contributed by atoms with Gasteiger partial charge in [-0.3, -0.25) is 0 Å². The molecule has 0 spiro atoms. The van der Waals surface area contributed by atoms with Gasteiger partial charge in [0, 0.05) is 12.6 Å². The molecule has 1 aliphatic heterocycles. The Balaban J connectivity index is 2.21. The van der Waals surface area contributed by atoms with E-state index in [1.54, 1.807) is 0 Å². The molecule has 1 aliphatic rings. The Labute approximate surface area is 78.9 Å². The summed E-state index contributed by atoms with van der Waals surface area (Å²) in [6.45, 7) is 5.96. The lowest BCUT2D eigenvalue weighted by Crippen LogP contribution is -1.95. The van der Waals surface area contributed by atoms with Crippen molar-refractivity contribution in [2.75, 3.05) is 13.2 Å². The summed E-state index contributed by atoms with van der Waals surface area (Å²) in [5, 5.41) is 3.29. The molecule has 0 radical (unpaired) electrons. The van der Waals surface area contributed by atoms with Crippen LogP contribution in [0.15, 0.2) is 18.2 Å². The van der Waals surface area contributed by atoms with E-state index in [-0.39, 0.29) is 0 Å². The maximum Gasteiger partial charge on any atom is 0.122 e. The summed E-state index contributed by atoms with van der Waals surface area (Å²) in [5.41, 5.74) is 2.61. The average molecular weight is 177 g/mol. The molecule has 1 fully saturated rings. The zero-order valence-electron chi connectivity index (χ0n) is 8.13. The van der Waals surface area contributed by atoms with E-state index in [1.165, 1.54) is 11.1 Å². The lowest BCUT2D eigenvalue weighted by Gasteiger charge is -2.07. The first kappa shape index (κ1) is 8.57. The minimum absolute atomic E-state index is 0.592. The molecule has 1 aromatic rings. The number of hydrogen-bond acceptors (Lipinski definition) is 2. The monoisotopic (exact) mass is 177 g/mol. The van der Waals surface area contributed by atoms with Crippen LogP contribution in [0.25, 0.3) is 0 Å². The number of ether oxygens (including phenoxy) is 1. The summed E-state index contributed by atoms with van der Waals surface area (Å²) in [5.74, 6) is 1.01. The molecule has 1 saturated heterocycles. The zero-order chi connectivity index (χ0) is 9.26. The molecule has 1 unspecified atom stereocenters. The van der Waals surface area contributed by atoms with Crippen molar-refractivity contribution in [2.45, 2.75) is 19.9 Å². The number of hydrogen-bond donors (Lipinski definition) is 1. The molecule has 0 amide bonds. The van der Waals surface area contributed by atoms with Gasteiger partial charge in [0.05, 0.1) is 6.61 Å². The highest BCUT2D eigenvalue weighted by atomic mass is 16.5. The summed E-state index contributed by atoms with van der Waals surface area (Å²) in [6, 6.07) is 7.00. The van der Waals surface area contributed by atoms with Gasteiger partial charge in [0.25, 0.3) is 0 Å². The van der Waals surface area contributed by atoms with Crippen LogP contribution in [-0.2, 0) is 0 Å². The molecule has 1 N–H and O–H groups in total. The minimum Gasteiger partial charge on any atom is -0.494 e. The van der Waals surface area contributed by atoms with Crippen molar-refractivity contribution >= 4 is 0 Å². The fraction of sp³-hybridized carbons (Fsp3) is 0.455. The van der Waals surface area contributed by atoms with Crippen LogP contribution in [0.5, 0.6) is 5.75 Å². The largest absolute Gasteiger partial charge is 0.494 e. The van der Waals surface area contributed by atoms with Crippen LogP contribution in [0.1, 0.15) is 24.1 Å². The van der Waals surface area contributed by atoms with Gasteiger partial charge in [-0.2, -0.15) is 0 Å². The third-order valence-electron chi connectivity index (χ3n) is 2.31. The highest BCUT2D eigenvalue weighted by Crippen LogP contribution is 2.26. The van der Waals surface area contributed by atoms with Crippen molar-refractivity contribution in [1.29, 1.82) is 0 Å². The molecule has 2 heteroatoms. The molecule has 2 nitrogen and oxygen atoms in total. The van der Waals surface area contributed by atoms with Crippen molar-refractivity contribution in [3.8, 4) is 5.75 Å². The second kappa shape index (κ2) is 3.38. The van der Waals surface area contributed by atoms with Crippen molar-refractivity contribution in [2.24, 2.45) is 0 Å². The third-order valence-corrected chi connectivity index (χ3v) is 2.31. The molecule has 13 heavy (non-hydrogen) atoms. The second-order valence-electron chi connectivity index (χ2n) is 3.42. The maximum atomic E-state index is 5.47. The Hall–Kier alpha value is -1.02. The first-order valence-electron chi connectivity index (χ1n) is 4.78. The third kappa shape index (κ3) is 1.83. The molecule has 0 aliphatic carbocycles. The van der Waals surface area contributed by atoms with E-state index in [4.69, 9.17) is 4.74 Å². The summed E-state index contributed by atoms with van der Waals surface area (Å²) in [4.78, 5) is 0. The van der Waals surface area contributed by atoms with Crippen LogP contribution in [0.3, 0.4) is 0 Å². The number of nitrogens with one attached hydrogen (secondary N) is 1. The predicted molar refractivity (Wildman–Crippen MR) is 53.1 cm³/mol. The van der Waals surface area contributed by atoms with E-state index in [9.17, 15) is 0 Å². The lowest BCUT2D eigenvalue weighted by molar-refractivity contribution is 0.338. The predicted octanol–water partition coefficient (Wildman–Crippen LogP) is 2.04. The number of rotatable bonds is 3. The Morgan fingerprint density at radius 1 is 1.54 bits per heavy atom. The van der Waals surface area contributed by atoms with E-state index in [2.05, 4.69) is 30.4 Å². The van der Waals surface area contributed by atoms with E-state index >= 15 is 0 Å². The van der Waals surface area contributed by atoms with Crippen LogP contribution in [0, 0.1) is 6.92 Å². The van der Waals surface area contributed by atoms with Crippen LogP contribution in [0.2, 0.25) is 0 Å². The van der Waals surface area contributed by atoms with Gasteiger partial charge in [0.2, 0.25) is 0 Å². The summed E-state index contributed by atoms with van der Waals surface area (Å²) >= 11 is 0. The highest BCUT2D eigenvalue weighted by molar-refractivity contribution is 5.38. The minimum atomic E-state index is 0.592. The first-order valence-corrected chi connectivity index (χ1v) is 4.78. The van der Waals surface area contributed by atoms with Crippen molar-refractivity contribution in [3.63, 3.8) is 0 Å². The van der Waals surface area contributed by atoms with Crippen LogP contribution >= 0.6 is 0 Å². The van der Waals surface area contributed by atoms with Crippen LogP contribution < -0.4 is 10.1 Å². The van der Waals surface area contributed by atoms with Crippen LogP contribution in [-0.4, -0.2) is 13.2 Å². The fourth-order valence-electron chi connectivity index (χ4n) is 1.50. The zero-order valence-corrected chi connectivity index (χ0v) is 8.13. The van der Waals surface area contributed by atoms with Gasteiger partial charge in [0.15, 0.2) is 0 Å². The molecule has 0 aromatic heterocycles. The van der Waals surface area contributed by atoms with Gasteiger partial charge in [-0.15, -0.1) is 0 Å². The second-order valence-corrected chi connectivity index (χ2v) is 3.42. The van der Waals surface area contributed by atoms with E-state index in [0.29, 0.717) is 6.04 Å². The Kier molecular flexibility index (Phi) is 2.23. The van der Waals surface area contributed by atoms with Crippen molar-refractivity contribution in [1.82, 2.24) is 5.32 Å². The standard InChI is InChI=1S/C11H15NO/c1-3-13-11-5-4-9(6-8(11)2)10-7-12-10/h4-6,10,12H,3,7H2,1-2H3. The highest BCUT2D eigenvalue weighted by Gasteiger charge is 2.22. The normalized spacial score (nSPS) is 20.0. The summed E-state index contributed by atoms with van der Waals surface area (Å²) in [6.07, 6.45) is 0. The average Bonchev–Trinajstić information content (AvgIpc) is 2.91. The molecule has 1 heterocycles. The Morgan fingerprint density at radius 2 is 2.31 bits per heavy atom. The first-order chi connectivity index (χ1) is 6.31. The molecule has 0 saturated carbocycles. The van der Waals surface area contributed by atoms with Gasteiger partial charge in [0.1, 0.15) is 5.75 Å². The molecule has 1 atom stereocenters. The van der Waals surface area contributed by atoms with Crippen LogP contribution in [0.4, 0.5) is 0 Å². The van der Waals surface area contributed by atoms with E-state index in [1.807, 2.05) is 6.92 Å².